The fourth-order valence-electron chi connectivity index (χ4n) is 2.13. The Morgan fingerprint density at radius 1 is 1.08 bits per heavy atom. The smallest absolute Gasteiger partial charge is 0.337 e. The number of amides is 1. The van der Waals surface area contributed by atoms with Gasteiger partial charge in [0.05, 0.1) is 18.2 Å². The number of benzene rings is 1. The zero-order chi connectivity index (χ0) is 18.2. The summed E-state index contributed by atoms with van der Waals surface area (Å²) in [6, 6.07) is 10.3. The molecule has 0 unspecified atom stereocenters. The number of nitrogens with one attached hydrogen (secondary N) is 2. The number of hydrogen-bond acceptors (Lipinski definition) is 5. The average Bonchev–Trinajstić information content (AvgIpc) is 2.62. The Kier molecular flexibility index (Phi) is 6.51. The van der Waals surface area contributed by atoms with Crippen molar-refractivity contribution in [2.75, 3.05) is 19.0 Å². The zero-order valence-electron chi connectivity index (χ0n) is 14.7. The summed E-state index contributed by atoms with van der Waals surface area (Å²) in [5.41, 5.74) is 1.79. The maximum absolute atomic E-state index is 12.0. The van der Waals surface area contributed by atoms with Crippen LogP contribution >= 0.6 is 0 Å². The molecule has 1 aromatic heterocycles. The van der Waals surface area contributed by atoms with Gasteiger partial charge in [-0.1, -0.05) is 13.8 Å². The van der Waals surface area contributed by atoms with Crippen LogP contribution in [0.4, 0.5) is 11.5 Å². The van der Waals surface area contributed by atoms with E-state index in [0.717, 1.165) is 12.1 Å². The number of nitrogens with zero attached hydrogens (tertiary/aromatic N) is 1. The molecule has 0 saturated heterocycles. The molecule has 2 aromatic rings. The molecule has 1 heterocycles. The molecule has 1 amide bonds. The highest BCUT2D eigenvalue weighted by molar-refractivity contribution is 5.94. The summed E-state index contributed by atoms with van der Waals surface area (Å²) in [6.45, 7) is 4.89. The minimum Gasteiger partial charge on any atom is -0.465 e. The van der Waals surface area contributed by atoms with Gasteiger partial charge in [0.1, 0.15) is 5.82 Å². The number of ether oxygens (including phenoxy) is 1. The molecule has 1 aromatic carbocycles. The van der Waals surface area contributed by atoms with Crippen LogP contribution in [0.5, 0.6) is 0 Å². The van der Waals surface area contributed by atoms with Crippen LogP contribution in [0.2, 0.25) is 0 Å². The molecule has 132 valence electrons. The summed E-state index contributed by atoms with van der Waals surface area (Å²) in [6.07, 6.45) is 2.48. The number of hydrogen-bond donors (Lipinski definition) is 2. The topological polar surface area (TPSA) is 80.3 Å². The molecule has 0 aliphatic heterocycles. The molecule has 0 spiro atoms. The number of carbonyl (C=O) groups excluding carboxylic acids is 2. The number of anilines is 2. The largest absolute Gasteiger partial charge is 0.465 e. The minimum atomic E-state index is -0.377. The van der Waals surface area contributed by atoms with Crippen molar-refractivity contribution in [1.29, 1.82) is 0 Å². The fraction of sp³-hybridized carbons (Fsp3) is 0.316. The van der Waals surface area contributed by atoms with Gasteiger partial charge in [-0.05, 0) is 48.7 Å². The molecule has 0 saturated carbocycles. The van der Waals surface area contributed by atoms with E-state index in [-0.39, 0.29) is 11.9 Å². The van der Waals surface area contributed by atoms with Gasteiger partial charge in [-0.15, -0.1) is 0 Å². The van der Waals surface area contributed by atoms with E-state index in [0.29, 0.717) is 29.4 Å². The first-order chi connectivity index (χ1) is 12.0. The molecule has 0 aliphatic rings. The second kappa shape index (κ2) is 8.82. The van der Waals surface area contributed by atoms with Crippen LogP contribution in [-0.4, -0.2) is 30.5 Å². The Balaban J connectivity index is 1.93. The number of pyridine rings is 1. The van der Waals surface area contributed by atoms with Crippen molar-refractivity contribution in [2.24, 2.45) is 5.92 Å². The van der Waals surface area contributed by atoms with E-state index >= 15 is 0 Å². The van der Waals surface area contributed by atoms with Crippen molar-refractivity contribution < 1.29 is 14.3 Å². The molecular formula is C19H23N3O3. The summed E-state index contributed by atoms with van der Waals surface area (Å²) in [5.74, 6) is 0.666. The second-order valence-electron chi connectivity index (χ2n) is 6.06. The summed E-state index contributed by atoms with van der Waals surface area (Å²) in [5, 5.41) is 6.00. The van der Waals surface area contributed by atoms with Gasteiger partial charge in [0.2, 0.25) is 0 Å². The lowest BCUT2D eigenvalue weighted by atomic mass is 10.1. The summed E-state index contributed by atoms with van der Waals surface area (Å²) < 4.78 is 4.66. The molecule has 6 heteroatoms. The van der Waals surface area contributed by atoms with Crippen molar-refractivity contribution >= 4 is 23.4 Å². The van der Waals surface area contributed by atoms with Gasteiger partial charge in [-0.3, -0.25) is 4.79 Å². The van der Waals surface area contributed by atoms with Crippen molar-refractivity contribution in [3.05, 3.63) is 53.7 Å². The van der Waals surface area contributed by atoms with Crippen LogP contribution in [0.1, 0.15) is 41.0 Å². The molecule has 0 radical (unpaired) electrons. The molecule has 0 fully saturated rings. The van der Waals surface area contributed by atoms with Crippen molar-refractivity contribution in [3.8, 4) is 0 Å². The molecule has 2 N–H and O–H groups in total. The van der Waals surface area contributed by atoms with Gasteiger partial charge >= 0.3 is 5.97 Å². The number of esters is 1. The Morgan fingerprint density at radius 2 is 1.76 bits per heavy atom. The monoisotopic (exact) mass is 341 g/mol. The first kappa shape index (κ1) is 18.4. The predicted octanol–water partition coefficient (Wildman–Crippen LogP) is 3.39. The molecular weight excluding hydrogens is 318 g/mol. The van der Waals surface area contributed by atoms with E-state index in [1.54, 1.807) is 36.4 Å². The Labute approximate surface area is 147 Å². The Hall–Kier alpha value is -2.89. The third-order valence-electron chi connectivity index (χ3n) is 3.61. The van der Waals surface area contributed by atoms with Crippen LogP contribution in [0.25, 0.3) is 0 Å². The van der Waals surface area contributed by atoms with Crippen molar-refractivity contribution in [3.63, 3.8) is 0 Å². The molecule has 6 nitrogen and oxygen atoms in total. The van der Waals surface area contributed by atoms with E-state index in [2.05, 4.69) is 34.2 Å². The number of aromatic nitrogens is 1. The van der Waals surface area contributed by atoms with Gasteiger partial charge in [0.25, 0.3) is 5.91 Å². The van der Waals surface area contributed by atoms with Gasteiger partial charge in [0.15, 0.2) is 0 Å². The predicted molar refractivity (Wildman–Crippen MR) is 97.1 cm³/mol. The lowest BCUT2D eigenvalue weighted by Gasteiger charge is -2.09. The van der Waals surface area contributed by atoms with E-state index in [1.807, 2.05) is 0 Å². The molecule has 2 rings (SSSR count). The van der Waals surface area contributed by atoms with E-state index < -0.39 is 0 Å². The van der Waals surface area contributed by atoms with Gasteiger partial charge < -0.3 is 15.4 Å². The third-order valence-corrected chi connectivity index (χ3v) is 3.61. The summed E-state index contributed by atoms with van der Waals surface area (Å²) in [7, 11) is 1.35. The average molecular weight is 341 g/mol. The normalized spacial score (nSPS) is 10.4. The van der Waals surface area contributed by atoms with Gasteiger partial charge in [0, 0.05) is 18.4 Å². The highest BCUT2D eigenvalue weighted by Crippen LogP contribution is 2.16. The second-order valence-corrected chi connectivity index (χ2v) is 6.06. The standard InChI is InChI=1S/C19H23N3O3/c1-13(2)10-11-20-18(23)15-6-9-17(21-12-15)22-16-7-4-14(5-8-16)19(24)25-3/h4-9,12-13H,10-11H2,1-3H3,(H,20,23)(H,21,22). The first-order valence-electron chi connectivity index (χ1n) is 8.19. The van der Waals surface area contributed by atoms with Gasteiger partial charge in [-0.2, -0.15) is 0 Å². The van der Waals surface area contributed by atoms with Crippen molar-refractivity contribution in [1.82, 2.24) is 10.3 Å². The minimum absolute atomic E-state index is 0.123. The van der Waals surface area contributed by atoms with E-state index in [9.17, 15) is 9.59 Å². The summed E-state index contributed by atoms with van der Waals surface area (Å²) >= 11 is 0. The molecule has 0 aliphatic carbocycles. The lowest BCUT2D eigenvalue weighted by Crippen LogP contribution is -2.25. The zero-order valence-corrected chi connectivity index (χ0v) is 14.7. The maximum atomic E-state index is 12.0. The first-order valence-corrected chi connectivity index (χ1v) is 8.19. The van der Waals surface area contributed by atoms with E-state index in [4.69, 9.17) is 0 Å². The SMILES string of the molecule is COC(=O)c1ccc(Nc2ccc(C(=O)NCCC(C)C)cn2)cc1. The van der Waals surface area contributed by atoms with Crippen LogP contribution in [0.15, 0.2) is 42.6 Å². The van der Waals surface area contributed by atoms with Crippen molar-refractivity contribution in [2.45, 2.75) is 20.3 Å². The molecule has 0 bridgehead atoms. The Morgan fingerprint density at radius 3 is 2.32 bits per heavy atom. The third kappa shape index (κ3) is 5.60. The Bertz CT molecular complexity index is 710. The summed E-state index contributed by atoms with van der Waals surface area (Å²) in [4.78, 5) is 27.7. The quantitative estimate of drug-likeness (QED) is 0.755. The van der Waals surface area contributed by atoms with Crippen LogP contribution in [0.3, 0.4) is 0 Å². The lowest BCUT2D eigenvalue weighted by molar-refractivity contribution is 0.0600. The van der Waals surface area contributed by atoms with Crippen LogP contribution in [-0.2, 0) is 4.74 Å². The van der Waals surface area contributed by atoms with Crippen LogP contribution < -0.4 is 10.6 Å². The van der Waals surface area contributed by atoms with Gasteiger partial charge in [-0.25, -0.2) is 9.78 Å². The highest BCUT2D eigenvalue weighted by atomic mass is 16.5. The fourth-order valence-corrected chi connectivity index (χ4v) is 2.13. The number of rotatable bonds is 7. The highest BCUT2D eigenvalue weighted by Gasteiger charge is 2.07. The maximum Gasteiger partial charge on any atom is 0.337 e. The number of methoxy groups -OCH3 is 1. The molecule has 0 atom stereocenters. The number of carbonyl (C=O) groups is 2. The van der Waals surface area contributed by atoms with E-state index in [1.165, 1.54) is 13.3 Å². The van der Waals surface area contributed by atoms with Crippen LogP contribution in [0, 0.1) is 5.92 Å². The molecule has 25 heavy (non-hydrogen) atoms.